The lowest BCUT2D eigenvalue weighted by Gasteiger charge is -2.20. The summed E-state index contributed by atoms with van der Waals surface area (Å²) < 4.78 is 5.06. The number of para-hydroxylation sites is 1. The lowest BCUT2D eigenvalue weighted by Crippen LogP contribution is -2.24. The highest BCUT2D eigenvalue weighted by molar-refractivity contribution is 5.81. The third-order valence-corrected chi connectivity index (χ3v) is 2.94. The van der Waals surface area contributed by atoms with Crippen molar-refractivity contribution in [2.45, 2.75) is 6.61 Å². The minimum Gasteiger partial charge on any atom is -0.392 e. The second kappa shape index (κ2) is 5.80. The van der Waals surface area contributed by atoms with Crippen LogP contribution in [-0.2, 0) is 11.3 Å². The molecule has 0 bridgehead atoms. The first-order valence-electron chi connectivity index (χ1n) is 5.96. The molecule has 0 unspecified atom stereocenters. The zero-order valence-corrected chi connectivity index (χ0v) is 10.8. The summed E-state index contributed by atoms with van der Waals surface area (Å²) in [7, 11) is 3.63. The summed E-state index contributed by atoms with van der Waals surface area (Å²) >= 11 is 0. The van der Waals surface area contributed by atoms with E-state index in [0.29, 0.717) is 6.61 Å². The molecule has 0 amide bonds. The number of rotatable bonds is 5. The number of aliphatic hydroxyl groups is 1. The van der Waals surface area contributed by atoms with E-state index in [4.69, 9.17) is 4.74 Å². The number of aromatic nitrogens is 1. The van der Waals surface area contributed by atoms with E-state index in [-0.39, 0.29) is 6.61 Å². The molecule has 0 saturated heterocycles. The first-order valence-corrected chi connectivity index (χ1v) is 5.96. The fourth-order valence-corrected chi connectivity index (χ4v) is 1.93. The lowest BCUT2D eigenvalue weighted by molar-refractivity contribution is 0.206. The maximum atomic E-state index is 9.45. The highest BCUT2D eigenvalue weighted by Gasteiger charge is 2.10. The van der Waals surface area contributed by atoms with Gasteiger partial charge in [-0.3, -0.25) is 0 Å². The third kappa shape index (κ3) is 2.60. The number of ether oxygens (including phenoxy) is 1. The van der Waals surface area contributed by atoms with Crippen LogP contribution in [0.25, 0.3) is 10.9 Å². The van der Waals surface area contributed by atoms with Crippen molar-refractivity contribution in [1.82, 2.24) is 4.98 Å². The van der Waals surface area contributed by atoms with Gasteiger partial charge in [0.2, 0.25) is 0 Å². The number of pyridine rings is 1. The normalized spacial score (nSPS) is 10.8. The zero-order valence-electron chi connectivity index (χ0n) is 10.8. The quantitative estimate of drug-likeness (QED) is 0.874. The molecule has 96 valence electrons. The first kappa shape index (κ1) is 12.8. The molecular formula is C14H18N2O2. The maximum absolute atomic E-state index is 9.45. The topological polar surface area (TPSA) is 45.6 Å². The minimum atomic E-state index is -0.00943. The van der Waals surface area contributed by atoms with Crippen LogP contribution in [0.15, 0.2) is 30.3 Å². The molecule has 0 spiro atoms. The van der Waals surface area contributed by atoms with Crippen LogP contribution in [-0.4, -0.2) is 37.4 Å². The molecule has 0 atom stereocenters. The molecule has 0 aliphatic heterocycles. The molecule has 2 rings (SSSR count). The number of aliphatic hydroxyl groups excluding tert-OH is 1. The zero-order chi connectivity index (χ0) is 13.0. The van der Waals surface area contributed by atoms with Crippen LogP contribution in [0.5, 0.6) is 0 Å². The Morgan fingerprint density at radius 1 is 1.33 bits per heavy atom. The molecule has 18 heavy (non-hydrogen) atoms. The Morgan fingerprint density at radius 2 is 2.11 bits per heavy atom. The predicted octanol–water partition coefficient (Wildman–Crippen LogP) is 1.81. The van der Waals surface area contributed by atoms with Crippen LogP contribution in [0.4, 0.5) is 5.82 Å². The molecule has 1 N–H and O–H groups in total. The standard InChI is InChI=1S/C14H18N2O2/c1-16(7-8-18-2)14-12(10-17)9-11-5-3-4-6-13(11)15-14/h3-6,9,17H,7-8,10H2,1-2H3. The SMILES string of the molecule is COCCN(C)c1nc2ccccc2cc1CO. The molecule has 4 heteroatoms. The molecule has 1 aromatic carbocycles. The van der Waals surface area contributed by atoms with Gasteiger partial charge in [-0.1, -0.05) is 18.2 Å². The van der Waals surface area contributed by atoms with Crippen molar-refractivity contribution in [1.29, 1.82) is 0 Å². The molecule has 0 aliphatic carbocycles. The van der Waals surface area contributed by atoms with E-state index in [1.165, 1.54) is 0 Å². The first-order chi connectivity index (χ1) is 8.76. The van der Waals surface area contributed by atoms with Crippen LogP contribution in [0, 0.1) is 0 Å². The van der Waals surface area contributed by atoms with Crippen molar-refractivity contribution in [3.8, 4) is 0 Å². The molecule has 2 aromatic rings. The van der Waals surface area contributed by atoms with E-state index in [1.807, 2.05) is 42.3 Å². The average molecular weight is 246 g/mol. The van der Waals surface area contributed by atoms with Crippen molar-refractivity contribution in [3.63, 3.8) is 0 Å². The average Bonchev–Trinajstić information content (AvgIpc) is 2.43. The molecule has 0 radical (unpaired) electrons. The van der Waals surface area contributed by atoms with Crippen LogP contribution in [0.2, 0.25) is 0 Å². The van der Waals surface area contributed by atoms with E-state index < -0.39 is 0 Å². The Bertz CT molecular complexity index is 528. The number of hydrogen-bond donors (Lipinski definition) is 1. The van der Waals surface area contributed by atoms with Gasteiger partial charge in [0, 0.05) is 31.7 Å². The minimum absolute atomic E-state index is 0.00943. The fourth-order valence-electron chi connectivity index (χ4n) is 1.93. The third-order valence-electron chi connectivity index (χ3n) is 2.94. The number of hydrogen-bond acceptors (Lipinski definition) is 4. The molecule has 4 nitrogen and oxygen atoms in total. The fraction of sp³-hybridized carbons (Fsp3) is 0.357. The van der Waals surface area contributed by atoms with E-state index in [2.05, 4.69) is 4.98 Å². The Labute approximate surface area is 107 Å². The summed E-state index contributed by atoms with van der Waals surface area (Å²) in [6.45, 7) is 1.37. The summed E-state index contributed by atoms with van der Waals surface area (Å²) in [6.07, 6.45) is 0. The molecule has 0 fully saturated rings. The number of methoxy groups -OCH3 is 1. The molecular weight excluding hydrogens is 228 g/mol. The molecule has 1 aromatic heterocycles. The van der Waals surface area contributed by atoms with Gasteiger partial charge in [-0.15, -0.1) is 0 Å². The summed E-state index contributed by atoms with van der Waals surface area (Å²) in [4.78, 5) is 6.61. The summed E-state index contributed by atoms with van der Waals surface area (Å²) in [5.74, 6) is 0.813. The summed E-state index contributed by atoms with van der Waals surface area (Å²) in [6, 6.07) is 9.90. The van der Waals surface area contributed by atoms with Crippen molar-refractivity contribution < 1.29 is 9.84 Å². The molecule has 1 heterocycles. The smallest absolute Gasteiger partial charge is 0.134 e. The number of nitrogens with zero attached hydrogens (tertiary/aromatic N) is 2. The Morgan fingerprint density at radius 3 is 2.83 bits per heavy atom. The van der Waals surface area contributed by atoms with Gasteiger partial charge in [0.15, 0.2) is 0 Å². The summed E-state index contributed by atoms with van der Waals surface area (Å²) in [5.41, 5.74) is 1.78. The second-order valence-electron chi connectivity index (χ2n) is 4.24. The van der Waals surface area contributed by atoms with Gasteiger partial charge in [0.25, 0.3) is 0 Å². The van der Waals surface area contributed by atoms with E-state index >= 15 is 0 Å². The predicted molar refractivity (Wildman–Crippen MR) is 72.8 cm³/mol. The largest absolute Gasteiger partial charge is 0.392 e. The van der Waals surface area contributed by atoms with Gasteiger partial charge in [0.1, 0.15) is 5.82 Å². The van der Waals surface area contributed by atoms with Gasteiger partial charge in [-0.05, 0) is 12.1 Å². The maximum Gasteiger partial charge on any atom is 0.134 e. The Hall–Kier alpha value is -1.65. The number of anilines is 1. The van der Waals surface area contributed by atoms with Gasteiger partial charge in [0.05, 0.1) is 18.7 Å². The van der Waals surface area contributed by atoms with Gasteiger partial charge in [-0.2, -0.15) is 0 Å². The number of benzene rings is 1. The second-order valence-corrected chi connectivity index (χ2v) is 4.24. The van der Waals surface area contributed by atoms with Crippen LogP contribution < -0.4 is 4.90 Å². The van der Waals surface area contributed by atoms with Crippen molar-refractivity contribution >= 4 is 16.7 Å². The number of fused-ring (bicyclic) bond motifs is 1. The van der Waals surface area contributed by atoms with Gasteiger partial charge < -0.3 is 14.7 Å². The van der Waals surface area contributed by atoms with E-state index in [1.54, 1.807) is 7.11 Å². The van der Waals surface area contributed by atoms with Crippen LogP contribution >= 0.6 is 0 Å². The number of likely N-dealkylation sites (N-methyl/N-ethyl adjacent to an activating group) is 1. The van der Waals surface area contributed by atoms with Crippen molar-refractivity contribution in [2.24, 2.45) is 0 Å². The van der Waals surface area contributed by atoms with Gasteiger partial charge in [-0.25, -0.2) is 4.98 Å². The van der Waals surface area contributed by atoms with Crippen LogP contribution in [0.1, 0.15) is 5.56 Å². The monoisotopic (exact) mass is 246 g/mol. The summed E-state index contributed by atoms with van der Waals surface area (Å²) in [5, 5.41) is 10.5. The molecule has 0 aliphatic rings. The Kier molecular flexibility index (Phi) is 4.12. The molecule has 0 saturated carbocycles. The van der Waals surface area contributed by atoms with E-state index in [9.17, 15) is 5.11 Å². The van der Waals surface area contributed by atoms with Crippen molar-refractivity contribution in [3.05, 3.63) is 35.9 Å². The van der Waals surface area contributed by atoms with Crippen molar-refractivity contribution in [2.75, 3.05) is 32.2 Å². The van der Waals surface area contributed by atoms with E-state index in [0.717, 1.165) is 28.8 Å². The Balaban J connectivity index is 2.41. The van der Waals surface area contributed by atoms with Gasteiger partial charge >= 0.3 is 0 Å². The van der Waals surface area contributed by atoms with Crippen LogP contribution in [0.3, 0.4) is 0 Å². The highest BCUT2D eigenvalue weighted by atomic mass is 16.5. The lowest BCUT2D eigenvalue weighted by atomic mass is 10.1. The highest BCUT2D eigenvalue weighted by Crippen LogP contribution is 2.22.